The zero-order valence-electron chi connectivity index (χ0n) is 38.2. The number of alkyl carbamates (subject to hydrolysis) is 1. The highest BCUT2D eigenvalue weighted by molar-refractivity contribution is 7.89. The number of amides is 3. The van der Waals surface area contributed by atoms with Crippen LogP contribution in [0, 0.1) is 11.8 Å². The number of thiazole rings is 1. The van der Waals surface area contributed by atoms with E-state index in [1.165, 1.54) is 39.7 Å². The number of methoxy groups -OCH3 is 1. The Labute approximate surface area is 394 Å². The van der Waals surface area contributed by atoms with Crippen LogP contribution in [0.2, 0.25) is 0 Å². The SMILES string of the molecule is COc1ccc2c(O[C@@H]3C[C@H]4C(=O)N[C@]5(C(=O)O)CC5/C=C\CCCCC[C@H](NC(=O)OC(CN(C)S(=O)(=O)c5ccccc5)C5CCC5)C(=O)N4C3)cc(-c3csc(NC(C)C)n3)nc2c1. The van der Waals surface area contributed by atoms with Crippen LogP contribution in [-0.4, -0.2) is 120 Å². The van der Waals surface area contributed by atoms with E-state index < -0.39 is 69.6 Å². The topological polar surface area (TPSA) is 219 Å². The van der Waals surface area contributed by atoms with Crippen molar-refractivity contribution in [3.05, 3.63) is 72.1 Å². The van der Waals surface area contributed by atoms with E-state index in [0.29, 0.717) is 46.6 Å². The van der Waals surface area contributed by atoms with Crippen molar-refractivity contribution in [2.75, 3.05) is 32.6 Å². The Bertz CT molecular complexity index is 2610. The van der Waals surface area contributed by atoms with Crippen molar-refractivity contribution in [2.45, 2.75) is 119 Å². The molecule has 4 aliphatic rings. The van der Waals surface area contributed by atoms with Crippen molar-refractivity contribution >= 4 is 61.3 Å². The summed E-state index contributed by atoms with van der Waals surface area (Å²) in [5.74, 6) is -1.81. The van der Waals surface area contributed by atoms with Crippen LogP contribution < -0.4 is 25.4 Å². The number of fused-ring (bicyclic) bond motifs is 3. The Morgan fingerprint density at radius 1 is 1.03 bits per heavy atom. The van der Waals surface area contributed by atoms with Gasteiger partial charge in [0.15, 0.2) is 5.13 Å². The number of sulfonamides is 1. The molecule has 19 heteroatoms. The van der Waals surface area contributed by atoms with E-state index in [-0.39, 0.29) is 49.2 Å². The van der Waals surface area contributed by atoms with Crippen LogP contribution >= 0.6 is 11.3 Å². The van der Waals surface area contributed by atoms with Gasteiger partial charge in [0, 0.05) is 48.3 Å². The Morgan fingerprint density at radius 2 is 1.82 bits per heavy atom. The molecule has 17 nitrogen and oxygen atoms in total. The highest BCUT2D eigenvalue weighted by Gasteiger charge is 2.61. The van der Waals surface area contributed by atoms with Crippen molar-refractivity contribution in [3.8, 4) is 22.9 Å². The van der Waals surface area contributed by atoms with E-state index in [4.69, 9.17) is 24.2 Å². The molecular formula is C48H59N7O10S2. The summed E-state index contributed by atoms with van der Waals surface area (Å²) < 4.78 is 46.5. The Balaban J connectivity index is 1.07. The largest absolute Gasteiger partial charge is 0.497 e. The summed E-state index contributed by atoms with van der Waals surface area (Å²) in [5.41, 5.74) is 0.205. The van der Waals surface area contributed by atoms with E-state index in [1.807, 2.05) is 37.4 Å². The second kappa shape index (κ2) is 20.2. The van der Waals surface area contributed by atoms with Crippen LogP contribution in [0.15, 0.2) is 77.0 Å². The van der Waals surface area contributed by atoms with Gasteiger partial charge in [0.2, 0.25) is 21.8 Å². The fraction of sp³-hybridized carbons (Fsp3) is 0.500. The van der Waals surface area contributed by atoms with Crippen molar-refractivity contribution < 1.29 is 46.9 Å². The number of carbonyl (C=O) groups is 4. The number of benzene rings is 2. The fourth-order valence-corrected chi connectivity index (χ4v) is 11.2. The third-order valence-corrected chi connectivity index (χ3v) is 15.8. The van der Waals surface area contributed by atoms with E-state index in [1.54, 1.807) is 43.5 Å². The monoisotopic (exact) mass is 957 g/mol. The normalized spacial score (nSPS) is 24.6. The van der Waals surface area contributed by atoms with Crippen LogP contribution in [0.25, 0.3) is 22.3 Å². The molecule has 0 spiro atoms. The first-order valence-corrected chi connectivity index (χ1v) is 25.4. The Hall–Kier alpha value is -5.79. The summed E-state index contributed by atoms with van der Waals surface area (Å²) in [6.07, 6.45) is 6.98. The first kappa shape index (κ1) is 47.7. The molecule has 2 aromatic carbocycles. The van der Waals surface area contributed by atoms with E-state index in [9.17, 15) is 32.7 Å². The zero-order valence-corrected chi connectivity index (χ0v) is 39.8. The molecule has 4 heterocycles. The minimum atomic E-state index is -3.89. The molecule has 6 atom stereocenters. The van der Waals surface area contributed by atoms with Crippen LogP contribution in [0.3, 0.4) is 0 Å². The second-order valence-corrected chi connectivity index (χ2v) is 21.2. The average molecular weight is 958 g/mol. The lowest BCUT2D eigenvalue weighted by Gasteiger charge is -2.35. The number of ether oxygens (including phenoxy) is 3. The average Bonchev–Trinajstić information content (AvgIpc) is 3.54. The molecule has 2 aromatic heterocycles. The number of aliphatic carboxylic acids is 1. The van der Waals surface area contributed by atoms with E-state index in [2.05, 4.69) is 16.0 Å². The fourth-order valence-electron chi connectivity index (χ4n) is 9.09. The predicted molar refractivity (Wildman–Crippen MR) is 252 cm³/mol. The van der Waals surface area contributed by atoms with Crippen molar-refractivity contribution in [1.29, 1.82) is 0 Å². The van der Waals surface area contributed by atoms with Gasteiger partial charge in [0.1, 0.15) is 47.0 Å². The van der Waals surface area contributed by atoms with E-state index in [0.717, 1.165) is 37.2 Å². The van der Waals surface area contributed by atoms with Gasteiger partial charge in [-0.1, -0.05) is 49.6 Å². The summed E-state index contributed by atoms with van der Waals surface area (Å²) in [7, 11) is -0.869. The van der Waals surface area contributed by atoms with Gasteiger partial charge in [-0.2, -0.15) is 4.31 Å². The molecule has 2 aliphatic carbocycles. The maximum absolute atomic E-state index is 15.0. The van der Waals surface area contributed by atoms with Crippen LogP contribution in [-0.2, 0) is 29.1 Å². The maximum atomic E-state index is 15.0. The van der Waals surface area contributed by atoms with Gasteiger partial charge >= 0.3 is 12.1 Å². The Morgan fingerprint density at radius 3 is 2.54 bits per heavy atom. The quantitative estimate of drug-likeness (QED) is 0.0981. The second-order valence-electron chi connectivity index (χ2n) is 18.3. The molecule has 1 saturated heterocycles. The van der Waals surface area contributed by atoms with Gasteiger partial charge in [-0.3, -0.25) is 9.59 Å². The van der Waals surface area contributed by atoms with Crippen molar-refractivity contribution in [3.63, 3.8) is 0 Å². The molecule has 0 radical (unpaired) electrons. The van der Waals surface area contributed by atoms with Gasteiger partial charge in [0.05, 0.1) is 36.3 Å². The molecule has 2 unspecified atom stereocenters. The van der Waals surface area contributed by atoms with Crippen LogP contribution in [0.5, 0.6) is 11.5 Å². The standard InChI is InChI=1S/C48H59N7O10S2/c1-29(2)49-46-51-39(28-66-46)38-24-41(35-21-20-32(63-4)22-37(35)50-38)64-33-23-40-43(56)53-48(45(58)59)25-31(48)16-9-6-5-7-12-19-36(44(57)55(40)26-33)52-47(60)65-42(30-14-13-15-30)27-54(3)67(61,62)34-17-10-8-11-18-34/h8-11,16-18,20-22,24,28-31,33,36,40,42H,5-7,12-15,19,23,25-27H2,1-4H3,(H,49,51)(H,52,60)(H,53,56)(H,58,59)/b16-9-/t31?,33-,36+,40+,42?,48-/m1/s1. The number of allylic oxidation sites excluding steroid dienone is 1. The zero-order chi connectivity index (χ0) is 47.5. The number of pyridine rings is 1. The summed E-state index contributed by atoms with van der Waals surface area (Å²) in [4.78, 5) is 67.3. The minimum absolute atomic E-state index is 0.0192. The van der Waals surface area contributed by atoms with Crippen LogP contribution in [0.1, 0.15) is 78.1 Å². The first-order chi connectivity index (χ1) is 32.1. The number of rotatable bonds is 14. The lowest BCUT2D eigenvalue weighted by Crippen LogP contribution is -2.56. The smallest absolute Gasteiger partial charge is 0.408 e. The number of carboxylic acid groups (broad SMARTS) is 1. The van der Waals surface area contributed by atoms with Gasteiger partial charge in [-0.15, -0.1) is 11.3 Å². The van der Waals surface area contributed by atoms with Gasteiger partial charge in [-0.25, -0.2) is 28.0 Å². The third kappa shape index (κ3) is 10.7. The number of carbonyl (C=O) groups excluding carboxylic acids is 3. The van der Waals surface area contributed by atoms with Gasteiger partial charge in [-0.05, 0) is 82.6 Å². The molecule has 3 amide bonds. The lowest BCUT2D eigenvalue weighted by molar-refractivity contribution is -0.145. The summed E-state index contributed by atoms with van der Waals surface area (Å²) in [6.45, 7) is 3.90. The molecule has 0 bridgehead atoms. The van der Waals surface area contributed by atoms with E-state index >= 15 is 0 Å². The number of nitrogens with zero attached hydrogens (tertiary/aromatic N) is 4. The molecule has 2 saturated carbocycles. The molecule has 358 valence electrons. The number of carboxylic acids is 1. The number of nitrogens with one attached hydrogen (secondary N) is 3. The minimum Gasteiger partial charge on any atom is -0.497 e. The molecule has 4 aromatic rings. The maximum Gasteiger partial charge on any atom is 0.408 e. The van der Waals surface area contributed by atoms with Crippen molar-refractivity contribution in [1.82, 2.24) is 29.8 Å². The molecule has 2 aliphatic heterocycles. The molecular weight excluding hydrogens is 899 g/mol. The number of aromatic nitrogens is 2. The van der Waals surface area contributed by atoms with Crippen LogP contribution in [0.4, 0.5) is 9.93 Å². The number of hydrogen-bond donors (Lipinski definition) is 4. The molecule has 8 rings (SSSR count). The van der Waals surface area contributed by atoms with Gasteiger partial charge in [0.25, 0.3) is 0 Å². The number of hydrogen-bond acceptors (Lipinski definition) is 13. The molecule has 4 N–H and O–H groups in total. The Kier molecular flexibility index (Phi) is 14.4. The van der Waals surface area contributed by atoms with Gasteiger partial charge < -0.3 is 40.2 Å². The molecule has 3 fully saturated rings. The number of anilines is 1. The van der Waals surface area contributed by atoms with Crippen molar-refractivity contribution in [2.24, 2.45) is 11.8 Å². The summed E-state index contributed by atoms with van der Waals surface area (Å²) >= 11 is 1.45. The number of likely N-dealkylation sites (N-methyl/N-ethyl adjacent to an activating group) is 1. The lowest BCUT2D eigenvalue weighted by atomic mass is 9.81. The summed E-state index contributed by atoms with van der Waals surface area (Å²) in [5, 5.41) is 22.6. The predicted octanol–water partition coefficient (Wildman–Crippen LogP) is 6.60. The molecule has 67 heavy (non-hydrogen) atoms. The third-order valence-electron chi connectivity index (χ3n) is 13.2. The first-order valence-electron chi connectivity index (χ1n) is 23.0. The summed E-state index contributed by atoms with van der Waals surface area (Å²) in [6, 6.07) is 13.1. The highest BCUT2D eigenvalue weighted by atomic mass is 32.2. The highest BCUT2D eigenvalue weighted by Crippen LogP contribution is 2.46.